The standard InChI is InChI=1S/C71H86N11O14PS/c1-44(2)60(76-57(83)18-8-7-11-29-80-58(84)25-26-59(80)85)64(88)82(46(4)62(72)86)49-21-19-47(20-22-49)36-95-67(91)78(28-13-33-97(92,93)94)31-32-96-71-40-68(5)37-69(6,41-71)39-70(38-68,42-71)43-81-45(3)52(34-73-81)50-23-24-56(75-61(50)65(89)90)79-30-27-48-14-12-15-51(53(48)35-79)63(87)77-66-74-54-16-9-10-17-55(54)98-66/h9-10,12,14-17,19-26,34,44,46,60H,7-8,11,13,18,27-33,35-43H2,1-6H3,(H2,72,86)(H,76,83)(H,89,90)(H,74,77,87)(H2,92,93,94)/t46-,60-,68?,69?,70?,71?/m0/s1. The average Bonchev–Trinajstić information content (AvgIpc) is 0.982. The second kappa shape index (κ2) is 28.6. The number of thiazole rings is 1. The maximum absolute atomic E-state index is 14.3. The maximum atomic E-state index is 14.3. The van der Waals surface area contributed by atoms with Gasteiger partial charge in [-0.25, -0.2) is 19.6 Å². The molecule has 4 fully saturated rings. The number of amides is 7. The molecule has 4 bridgehead atoms. The van der Waals surface area contributed by atoms with Gasteiger partial charge in [0.25, 0.3) is 23.6 Å². The van der Waals surface area contributed by atoms with Gasteiger partial charge in [-0.1, -0.05) is 81.9 Å². The molecular formula is C71H86N11O14PS. The van der Waals surface area contributed by atoms with Crippen LogP contribution < -0.4 is 26.2 Å². The number of anilines is 3. The minimum atomic E-state index is -4.41. The molecule has 5 heterocycles. The predicted octanol–water partition coefficient (Wildman–Crippen LogP) is 9.55. The summed E-state index contributed by atoms with van der Waals surface area (Å²) in [5, 5.41) is 22.0. The predicted molar refractivity (Wildman–Crippen MR) is 368 cm³/mol. The van der Waals surface area contributed by atoms with Crippen LogP contribution in [0.1, 0.15) is 148 Å². The molecule has 4 atom stereocenters. The largest absolute Gasteiger partial charge is 0.476 e. The number of aromatic carboxylic acids is 1. The fourth-order valence-electron chi connectivity index (χ4n) is 16.5. The highest BCUT2D eigenvalue weighted by Crippen LogP contribution is 2.72. The van der Waals surface area contributed by atoms with Crippen LogP contribution in [0.4, 0.5) is 21.4 Å². The summed E-state index contributed by atoms with van der Waals surface area (Å²) in [6.07, 6.45) is 10.3. The van der Waals surface area contributed by atoms with Crippen molar-refractivity contribution in [3.63, 3.8) is 0 Å². The van der Waals surface area contributed by atoms with Crippen molar-refractivity contribution in [2.24, 2.45) is 27.9 Å². The van der Waals surface area contributed by atoms with Gasteiger partial charge in [-0.15, -0.1) is 0 Å². The zero-order valence-electron chi connectivity index (χ0n) is 56.2. The smallest absolute Gasteiger partial charge is 0.410 e. The van der Waals surface area contributed by atoms with Crippen LogP contribution in [0.25, 0.3) is 21.3 Å². The van der Waals surface area contributed by atoms with Gasteiger partial charge >= 0.3 is 19.7 Å². The Morgan fingerprint density at radius 2 is 1.55 bits per heavy atom. The lowest BCUT2D eigenvalue weighted by molar-refractivity contribution is -0.248. The van der Waals surface area contributed by atoms with Crippen molar-refractivity contribution in [1.82, 2.24) is 34.9 Å². The minimum absolute atomic E-state index is 0.00996. The van der Waals surface area contributed by atoms with Crippen LogP contribution in [-0.4, -0.2) is 149 Å². The van der Waals surface area contributed by atoms with Crippen LogP contribution in [0.5, 0.6) is 0 Å². The molecular weight excluding hydrogens is 1290 g/mol. The van der Waals surface area contributed by atoms with Gasteiger partial charge in [0.2, 0.25) is 11.8 Å². The van der Waals surface area contributed by atoms with Gasteiger partial charge in [0.1, 0.15) is 24.5 Å². The van der Waals surface area contributed by atoms with Crippen molar-refractivity contribution < 1.29 is 67.3 Å². The van der Waals surface area contributed by atoms with E-state index in [4.69, 9.17) is 25.3 Å². The van der Waals surface area contributed by atoms with Gasteiger partial charge in [0, 0.05) is 85.9 Å². The average molecular weight is 1380 g/mol. The molecule has 6 aromatic rings. The number of rotatable bonds is 29. The summed E-state index contributed by atoms with van der Waals surface area (Å²) in [6, 6.07) is 21.3. The molecule has 3 aromatic carbocycles. The van der Waals surface area contributed by atoms with E-state index in [1.165, 1.54) is 40.2 Å². The van der Waals surface area contributed by atoms with E-state index in [0.29, 0.717) is 90.6 Å². The summed E-state index contributed by atoms with van der Waals surface area (Å²) in [6.45, 7) is 13.2. The lowest BCUT2D eigenvalue weighted by atomic mass is 9.39. The molecule has 98 heavy (non-hydrogen) atoms. The second-order valence-electron chi connectivity index (χ2n) is 28.4. The summed E-state index contributed by atoms with van der Waals surface area (Å²) in [5.74, 6) is -3.88. The summed E-state index contributed by atoms with van der Waals surface area (Å²) in [7, 11) is -4.41. The fraction of sp³-hybridized carbons (Fsp3) is 0.479. The summed E-state index contributed by atoms with van der Waals surface area (Å²) in [4.78, 5) is 140. The third-order valence-corrected chi connectivity index (χ3v) is 21.8. The van der Waals surface area contributed by atoms with E-state index in [1.54, 1.807) is 56.4 Å². The Morgan fingerprint density at radius 3 is 2.23 bits per heavy atom. The number of carbonyl (C=O) groups excluding carboxylic acids is 7. The lowest BCUT2D eigenvalue weighted by Crippen LogP contribution is -2.64. The molecule has 7 amide bonds. The quantitative estimate of drug-likeness (QED) is 0.0144. The van der Waals surface area contributed by atoms with Crippen LogP contribution >= 0.6 is 18.9 Å². The molecule has 0 spiro atoms. The number of hydrogen-bond acceptors (Lipinski definition) is 16. The van der Waals surface area contributed by atoms with E-state index in [9.17, 15) is 57.8 Å². The third kappa shape index (κ3) is 15.9. The molecule has 2 aliphatic heterocycles. The number of primary amides is 1. The number of unbranched alkanes of at least 4 members (excludes halogenated alkanes) is 2. The van der Waals surface area contributed by atoms with E-state index < -0.39 is 67.1 Å². The topological polar surface area (TPSA) is 339 Å². The molecule has 6 aliphatic rings. The Balaban J connectivity index is 0.727. The number of ether oxygens (including phenoxy) is 2. The van der Waals surface area contributed by atoms with E-state index in [-0.39, 0.29) is 85.4 Å². The molecule has 4 aliphatic carbocycles. The van der Waals surface area contributed by atoms with Crippen LogP contribution in [0.2, 0.25) is 0 Å². The highest BCUT2D eigenvalue weighted by Gasteiger charge is 2.66. The molecule has 12 rings (SSSR count). The first-order chi connectivity index (χ1) is 46.5. The molecule has 25 nitrogen and oxygen atoms in total. The zero-order valence-corrected chi connectivity index (χ0v) is 57.9. The zero-order chi connectivity index (χ0) is 70.1. The van der Waals surface area contributed by atoms with Crippen molar-refractivity contribution in [3.05, 3.63) is 131 Å². The van der Waals surface area contributed by atoms with Crippen molar-refractivity contribution in [2.45, 2.75) is 156 Å². The Hall–Kier alpha value is -8.68. The van der Waals surface area contributed by atoms with Crippen LogP contribution in [0.3, 0.4) is 0 Å². The molecule has 27 heteroatoms. The van der Waals surface area contributed by atoms with E-state index in [1.807, 2.05) is 59.0 Å². The van der Waals surface area contributed by atoms with Crippen molar-refractivity contribution >= 4 is 93.3 Å². The molecule has 520 valence electrons. The Bertz CT molecular complexity index is 4100. The number of aromatic nitrogens is 4. The van der Waals surface area contributed by atoms with E-state index >= 15 is 0 Å². The molecule has 0 radical (unpaired) electrons. The summed E-state index contributed by atoms with van der Waals surface area (Å²) in [5.41, 5.74) is 10.5. The number of benzene rings is 3. The minimum Gasteiger partial charge on any atom is -0.476 e. The first-order valence-corrected chi connectivity index (χ1v) is 36.1. The number of carboxylic acids is 1. The summed E-state index contributed by atoms with van der Waals surface area (Å²) >= 11 is 1.40. The Morgan fingerprint density at radius 1 is 0.827 bits per heavy atom. The molecule has 7 N–H and O–H groups in total. The van der Waals surface area contributed by atoms with Crippen molar-refractivity contribution in [3.8, 4) is 11.1 Å². The van der Waals surface area contributed by atoms with Crippen LogP contribution in [0, 0.1) is 29.1 Å². The second-order valence-corrected chi connectivity index (χ2v) is 31.2. The first-order valence-electron chi connectivity index (χ1n) is 33.5. The number of hydrogen-bond donors (Lipinski definition) is 6. The normalized spacial score (nSPS) is 21.5. The highest BCUT2D eigenvalue weighted by atomic mass is 32.1. The van der Waals surface area contributed by atoms with Gasteiger partial charge in [-0.05, 0) is 159 Å². The lowest BCUT2D eigenvalue weighted by Gasteiger charge is -2.69. The van der Waals surface area contributed by atoms with Crippen LogP contribution in [-0.2, 0) is 64.1 Å². The van der Waals surface area contributed by atoms with Gasteiger partial charge in [0.05, 0.1) is 34.8 Å². The number of carboxylic acid groups (broad SMARTS) is 1. The molecule has 2 unspecified atom stereocenters. The number of imide groups is 1. The monoisotopic (exact) mass is 1380 g/mol. The number of pyridine rings is 1. The molecule has 3 aromatic heterocycles. The Labute approximate surface area is 572 Å². The number of para-hydroxylation sites is 1. The van der Waals surface area contributed by atoms with Gasteiger partial charge in [-0.2, -0.15) is 5.10 Å². The Kier molecular flexibility index (Phi) is 20.6. The van der Waals surface area contributed by atoms with Crippen LogP contribution in [0.15, 0.2) is 97.2 Å². The van der Waals surface area contributed by atoms with Crippen molar-refractivity contribution in [1.29, 1.82) is 0 Å². The first kappa shape index (κ1) is 70.6. The van der Waals surface area contributed by atoms with E-state index in [0.717, 1.165) is 64.0 Å². The van der Waals surface area contributed by atoms with Crippen molar-refractivity contribution in [2.75, 3.05) is 54.1 Å². The number of nitrogens with one attached hydrogen (secondary N) is 2. The number of fused-ring (bicyclic) bond motifs is 2. The van der Waals surface area contributed by atoms with Gasteiger partial charge in [0.15, 0.2) is 10.8 Å². The summed E-state index contributed by atoms with van der Waals surface area (Å²) < 4.78 is 27.9. The number of nitrogens with two attached hydrogens (primary N) is 1. The molecule has 4 saturated carbocycles. The van der Waals surface area contributed by atoms with Gasteiger partial charge in [-0.3, -0.25) is 53.1 Å². The number of nitrogens with zero attached hydrogens (tertiary/aromatic N) is 8. The number of carbonyl (C=O) groups is 8. The maximum Gasteiger partial charge on any atom is 0.410 e. The van der Waals surface area contributed by atoms with Gasteiger partial charge < -0.3 is 45.2 Å². The highest BCUT2D eigenvalue weighted by molar-refractivity contribution is 7.51. The van der Waals surface area contributed by atoms with E-state index in [2.05, 4.69) is 29.5 Å². The fourth-order valence-corrected chi connectivity index (χ4v) is 17.9. The SMILES string of the molecule is Cc1c(-c2ccc(N3CCc4cccc(C(=O)Nc5nc6ccccc6s5)c4C3)nc2C(=O)O)cnn1CC12CC3(C)CC(C)(C1)CC(OCCN(CCCP(=O)(O)O)C(=O)OCc1ccc(N(C(=O)[C@@H](NC(=O)CCCCCN4C(=O)C=CC4=O)C(C)C)[C@@H](C)C(N)=O)cc1)(C3)C2. The third-order valence-electron chi connectivity index (χ3n) is 19.9. The molecule has 0 saturated heterocycles.